The van der Waals surface area contributed by atoms with Crippen molar-refractivity contribution in [3.63, 3.8) is 0 Å². The number of allylic oxidation sites excluding steroid dienone is 2. The molecule has 2 rings (SSSR count). The Labute approximate surface area is 163 Å². The first-order valence-corrected chi connectivity index (χ1v) is 11.6. The van der Waals surface area contributed by atoms with Crippen molar-refractivity contribution >= 4 is 5.57 Å². The van der Waals surface area contributed by atoms with Crippen LogP contribution in [-0.4, -0.2) is 0 Å². The van der Waals surface area contributed by atoms with Gasteiger partial charge in [-0.1, -0.05) is 108 Å². The van der Waals surface area contributed by atoms with Crippen LogP contribution in [0, 0.1) is 5.92 Å². The lowest BCUT2D eigenvalue weighted by atomic mass is 9.83. The Morgan fingerprint density at radius 2 is 1.42 bits per heavy atom. The van der Waals surface area contributed by atoms with Gasteiger partial charge in [-0.15, -0.1) is 0 Å². The van der Waals surface area contributed by atoms with Gasteiger partial charge in [0.15, 0.2) is 0 Å². The molecule has 0 saturated carbocycles. The molecule has 1 aliphatic rings. The molecular formula is C26H42. The van der Waals surface area contributed by atoms with Crippen LogP contribution in [0.2, 0.25) is 0 Å². The van der Waals surface area contributed by atoms with Crippen LogP contribution in [0.3, 0.4) is 0 Å². The normalized spacial score (nSPS) is 17.3. The minimum absolute atomic E-state index is 0.947. The summed E-state index contributed by atoms with van der Waals surface area (Å²) in [5.41, 5.74) is 4.59. The van der Waals surface area contributed by atoms with Crippen LogP contribution in [0.1, 0.15) is 115 Å². The maximum atomic E-state index is 2.54. The average Bonchev–Trinajstić information content (AvgIpc) is 2.69. The van der Waals surface area contributed by atoms with E-state index in [-0.39, 0.29) is 0 Å². The van der Waals surface area contributed by atoms with Gasteiger partial charge in [0.05, 0.1) is 0 Å². The lowest BCUT2D eigenvalue weighted by Gasteiger charge is -2.22. The predicted molar refractivity (Wildman–Crippen MR) is 118 cm³/mol. The molecule has 0 heteroatoms. The van der Waals surface area contributed by atoms with E-state index in [0.29, 0.717) is 0 Å². The molecule has 0 aliphatic heterocycles. The predicted octanol–water partition coefficient (Wildman–Crippen LogP) is 8.74. The molecule has 26 heavy (non-hydrogen) atoms. The Bertz CT molecular complexity index is 493. The summed E-state index contributed by atoms with van der Waals surface area (Å²) in [6.45, 7) is 4.59. The van der Waals surface area contributed by atoms with E-state index >= 15 is 0 Å². The van der Waals surface area contributed by atoms with E-state index in [1.165, 1.54) is 107 Å². The van der Waals surface area contributed by atoms with Crippen molar-refractivity contribution < 1.29 is 0 Å². The molecule has 0 radical (unpaired) electrons. The molecular weight excluding hydrogens is 312 g/mol. The number of unbranched alkanes of at least 4 members (excludes halogenated alkanes) is 8. The number of hydrogen-bond acceptors (Lipinski definition) is 0. The molecule has 0 N–H and O–H groups in total. The second-order valence-electron chi connectivity index (χ2n) is 8.43. The van der Waals surface area contributed by atoms with Gasteiger partial charge in [-0.2, -0.15) is 0 Å². The van der Waals surface area contributed by atoms with Gasteiger partial charge in [0.2, 0.25) is 0 Å². The summed E-state index contributed by atoms with van der Waals surface area (Å²) in [6, 6.07) is 9.50. The van der Waals surface area contributed by atoms with E-state index < -0.39 is 0 Å². The van der Waals surface area contributed by atoms with Gasteiger partial charge in [0.1, 0.15) is 0 Å². The van der Waals surface area contributed by atoms with Gasteiger partial charge in [-0.05, 0) is 54.7 Å². The third kappa shape index (κ3) is 8.11. The Morgan fingerprint density at radius 3 is 2.08 bits per heavy atom. The van der Waals surface area contributed by atoms with Crippen molar-refractivity contribution in [3.05, 3.63) is 41.5 Å². The van der Waals surface area contributed by atoms with Crippen molar-refractivity contribution in [2.75, 3.05) is 0 Å². The van der Waals surface area contributed by atoms with Crippen LogP contribution < -0.4 is 0 Å². The topological polar surface area (TPSA) is 0 Å². The quantitative estimate of drug-likeness (QED) is 0.310. The molecule has 1 aromatic rings. The molecule has 0 spiro atoms. The molecule has 0 amide bonds. The van der Waals surface area contributed by atoms with E-state index in [1.807, 2.05) is 0 Å². The van der Waals surface area contributed by atoms with Crippen LogP contribution in [-0.2, 0) is 6.42 Å². The molecule has 0 heterocycles. The van der Waals surface area contributed by atoms with Gasteiger partial charge in [-0.3, -0.25) is 0 Å². The molecule has 1 aromatic carbocycles. The first-order valence-electron chi connectivity index (χ1n) is 11.6. The van der Waals surface area contributed by atoms with Crippen molar-refractivity contribution in [2.45, 2.75) is 110 Å². The van der Waals surface area contributed by atoms with Crippen LogP contribution in [0.4, 0.5) is 0 Å². The second-order valence-corrected chi connectivity index (χ2v) is 8.43. The third-order valence-corrected chi connectivity index (χ3v) is 6.13. The van der Waals surface area contributed by atoms with Crippen LogP contribution in [0.15, 0.2) is 30.3 Å². The minimum atomic E-state index is 0.947. The number of hydrogen-bond donors (Lipinski definition) is 0. The van der Waals surface area contributed by atoms with Gasteiger partial charge in [-0.25, -0.2) is 0 Å². The highest BCUT2D eigenvalue weighted by Crippen LogP contribution is 2.33. The lowest BCUT2D eigenvalue weighted by molar-refractivity contribution is 0.425. The van der Waals surface area contributed by atoms with E-state index in [1.54, 1.807) is 5.57 Å². The summed E-state index contributed by atoms with van der Waals surface area (Å²) >= 11 is 0. The number of benzene rings is 1. The maximum Gasteiger partial charge on any atom is -0.0228 e. The second kappa shape index (κ2) is 13.2. The zero-order valence-corrected chi connectivity index (χ0v) is 17.6. The average molecular weight is 355 g/mol. The smallest absolute Gasteiger partial charge is 0.0228 e. The first-order chi connectivity index (χ1) is 12.8. The number of rotatable bonds is 13. The van der Waals surface area contributed by atoms with Crippen LogP contribution in [0.5, 0.6) is 0 Å². The van der Waals surface area contributed by atoms with E-state index in [9.17, 15) is 0 Å². The van der Waals surface area contributed by atoms with E-state index in [0.717, 1.165) is 5.92 Å². The number of aryl methyl sites for hydroxylation is 1. The fourth-order valence-electron chi connectivity index (χ4n) is 4.27. The summed E-state index contributed by atoms with van der Waals surface area (Å²) < 4.78 is 0. The third-order valence-electron chi connectivity index (χ3n) is 6.13. The molecule has 1 atom stereocenters. The molecule has 0 saturated heterocycles. The SMILES string of the molecule is CCCCCCCCc1ccc(C2=CCC(CCCCCC)CC2)cc1. The Hall–Kier alpha value is -1.04. The summed E-state index contributed by atoms with van der Waals surface area (Å²) in [4.78, 5) is 0. The van der Waals surface area contributed by atoms with Gasteiger partial charge < -0.3 is 0 Å². The largest absolute Gasteiger partial charge is 0.0804 e. The highest BCUT2D eigenvalue weighted by Gasteiger charge is 2.15. The summed E-state index contributed by atoms with van der Waals surface area (Å²) in [6.07, 6.45) is 23.2. The molecule has 0 aromatic heterocycles. The summed E-state index contributed by atoms with van der Waals surface area (Å²) in [5.74, 6) is 0.947. The van der Waals surface area contributed by atoms with Crippen LogP contribution in [0.25, 0.3) is 5.57 Å². The highest BCUT2D eigenvalue weighted by molar-refractivity contribution is 5.66. The fraction of sp³-hybridized carbons (Fsp3) is 0.692. The zero-order valence-electron chi connectivity index (χ0n) is 17.6. The fourth-order valence-corrected chi connectivity index (χ4v) is 4.27. The van der Waals surface area contributed by atoms with Crippen molar-refractivity contribution in [1.29, 1.82) is 0 Å². The van der Waals surface area contributed by atoms with Gasteiger partial charge in [0, 0.05) is 0 Å². The van der Waals surface area contributed by atoms with Crippen molar-refractivity contribution in [2.24, 2.45) is 5.92 Å². The van der Waals surface area contributed by atoms with E-state index in [2.05, 4.69) is 44.2 Å². The van der Waals surface area contributed by atoms with Gasteiger partial charge in [0.25, 0.3) is 0 Å². The highest BCUT2D eigenvalue weighted by atomic mass is 14.2. The van der Waals surface area contributed by atoms with Crippen LogP contribution >= 0.6 is 0 Å². The molecule has 1 unspecified atom stereocenters. The Balaban J connectivity index is 1.68. The Morgan fingerprint density at radius 1 is 0.769 bits per heavy atom. The molecule has 146 valence electrons. The first kappa shape index (κ1) is 21.3. The standard InChI is InChI=1S/C26H42/c1-3-5-7-9-10-12-14-24-17-21-26(22-18-24)25-19-15-23(16-20-25)13-11-8-6-4-2/h17-19,21-23H,3-16,20H2,1-2H3. The lowest BCUT2D eigenvalue weighted by Crippen LogP contribution is -2.05. The monoisotopic (exact) mass is 354 g/mol. The molecule has 0 nitrogen and oxygen atoms in total. The zero-order chi connectivity index (χ0) is 18.5. The summed E-state index contributed by atoms with van der Waals surface area (Å²) in [5, 5.41) is 0. The molecule has 0 fully saturated rings. The van der Waals surface area contributed by atoms with E-state index in [4.69, 9.17) is 0 Å². The minimum Gasteiger partial charge on any atom is -0.0804 e. The molecule has 0 bridgehead atoms. The van der Waals surface area contributed by atoms with Crippen molar-refractivity contribution in [1.82, 2.24) is 0 Å². The Kier molecular flexibility index (Phi) is 10.8. The molecule has 1 aliphatic carbocycles. The van der Waals surface area contributed by atoms with Gasteiger partial charge >= 0.3 is 0 Å². The maximum absolute atomic E-state index is 2.54. The summed E-state index contributed by atoms with van der Waals surface area (Å²) in [7, 11) is 0. The van der Waals surface area contributed by atoms with Crippen molar-refractivity contribution in [3.8, 4) is 0 Å².